The van der Waals surface area contributed by atoms with Gasteiger partial charge in [0.1, 0.15) is 0 Å². The minimum Gasteiger partial charge on any atom is -0.338 e. The lowest BCUT2D eigenvalue weighted by molar-refractivity contribution is -0.133. The van der Waals surface area contributed by atoms with Gasteiger partial charge in [-0.15, -0.1) is 12.4 Å². The largest absolute Gasteiger partial charge is 0.338 e. The average Bonchev–Trinajstić information content (AvgIpc) is 2.64. The Morgan fingerprint density at radius 1 is 1.44 bits per heavy atom. The first-order chi connectivity index (χ1) is 7.06. The lowest BCUT2D eigenvalue weighted by Crippen LogP contribution is -2.40. The minimum absolute atomic E-state index is 0. The molecule has 0 aromatic carbocycles. The van der Waals surface area contributed by atoms with Crippen molar-refractivity contribution in [1.29, 1.82) is 0 Å². The van der Waals surface area contributed by atoms with Crippen LogP contribution in [0.5, 0.6) is 0 Å². The van der Waals surface area contributed by atoms with Crippen molar-refractivity contribution in [2.24, 2.45) is 17.6 Å². The van der Waals surface area contributed by atoms with Gasteiger partial charge in [-0.25, -0.2) is 0 Å². The molecule has 0 spiro atoms. The van der Waals surface area contributed by atoms with Gasteiger partial charge >= 0.3 is 0 Å². The summed E-state index contributed by atoms with van der Waals surface area (Å²) in [6.45, 7) is 8.01. The molecule has 1 rings (SSSR count). The van der Waals surface area contributed by atoms with Crippen LogP contribution in [0.4, 0.5) is 0 Å². The zero-order valence-electron chi connectivity index (χ0n) is 10.6. The third kappa shape index (κ3) is 3.95. The number of amides is 1. The summed E-state index contributed by atoms with van der Waals surface area (Å²) in [7, 11) is 0. The number of likely N-dealkylation sites (tertiary alicyclic amines) is 1. The number of hydrogen-bond donors (Lipinski definition) is 1. The molecule has 0 bridgehead atoms. The second-order valence-electron chi connectivity index (χ2n) is 5.04. The molecule has 16 heavy (non-hydrogen) atoms. The Balaban J connectivity index is 0.00000225. The fraction of sp³-hybridized carbons (Fsp3) is 0.917. The highest BCUT2D eigenvalue weighted by Gasteiger charge is 2.28. The van der Waals surface area contributed by atoms with Gasteiger partial charge in [0.2, 0.25) is 5.91 Å². The maximum absolute atomic E-state index is 12.0. The van der Waals surface area contributed by atoms with Crippen molar-refractivity contribution in [2.75, 3.05) is 13.1 Å². The molecule has 1 fully saturated rings. The molecule has 1 aliphatic rings. The van der Waals surface area contributed by atoms with Crippen LogP contribution in [0.3, 0.4) is 0 Å². The highest BCUT2D eigenvalue weighted by atomic mass is 35.5. The third-order valence-electron chi connectivity index (χ3n) is 3.60. The van der Waals surface area contributed by atoms with Crippen molar-refractivity contribution in [3.05, 3.63) is 0 Å². The Hall–Kier alpha value is -0.280. The van der Waals surface area contributed by atoms with Crippen LogP contribution in [0.2, 0.25) is 0 Å². The van der Waals surface area contributed by atoms with Gasteiger partial charge < -0.3 is 10.6 Å². The molecule has 1 aliphatic heterocycles. The molecule has 0 aromatic rings. The summed E-state index contributed by atoms with van der Waals surface area (Å²) in [5, 5.41) is 0. The quantitative estimate of drug-likeness (QED) is 0.828. The highest BCUT2D eigenvalue weighted by Crippen LogP contribution is 2.21. The van der Waals surface area contributed by atoms with E-state index in [1.54, 1.807) is 0 Å². The second-order valence-corrected chi connectivity index (χ2v) is 5.04. The Bertz CT molecular complexity index is 221. The third-order valence-corrected chi connectivity index (χ3v) is 3.60. The second kappa shape index (κ2) is 7.13. The Morgan fingerprint density at radius 3 is 2.56 bits per heavy atom. The molecule has 4 heteroatoms. The van der Waals surface area contributed by atoms with E-state index in [9.17, 15) is 4.79 Å². The number of carbonyl (C=O) groups excluding carboxylic acids is 1. The number of nitrogens with two attached hydrogens (primary N) is 1. The van der Waals surface area contributed by atoms with E-state index in [4.69, 9.17) is 5.73 Å². The van der Waals surface area contributed by atoms with Crippen molar-refractivity contribution in [2.45, 2.75) is 46.1 Å². The fourth-order valence-corrected chi connectivity index (χ4v) is 2.04. The summed E-state index contributed by atoms with van der Waals surface area (Å²) in [4.78, 5) is 14.0. The molecule has 96 valence electrons. The predicted octanol–water partition coefficient (Wildman–Crippen LogP) is 2.04. The number of carbonyl (C=O) groups is 1. The minimum atomic E-state index is 0. The zero-order chi connectivity index (χ0) is 11.4. The van der Waals surface area contributed by atoms with Crippen LogP contribution in [0, 0.1) is 11.8 Å². The summed E-state index contributed by atoms with van der Waals surface area (Å²) in [5.41, 5.74) is 5.66. The molecule has 0 aliphatic carbocycles. The summed E-state index contributed by atoms with van der Waals surface area (Å²) in [6, 6.07) is 0.303. The Labute approximate surface area is 105 Å². The molecule has 2 atom stereocenters. The van der Waals surface area contributed by atoms with Crippen molar-refractivity contribution >= 4 is 18.3 Å². The van der Waals surface area contributed by atoms with Crippen LogP contribution in [-0.2, 0) is 4.79 Å². The van der Waals surface area contributed by atoms with E-state index in [1.165, 1.54) is 0 Å². The molecule has 3 nitrogen and oxygen atoms in total. The summed E-state index contributed by atoms with van der Waals surface area (Å²) in [5.74, 6) is 1.34. The van der Waals surface area contributed by atoms with E-state index < -0.39 is 0 Å². The SMILES string of the molecule is CC(C)C(C)CC(=O)N1CCCC1CN.Cl. The van der Waals surface area contributed by atoms with Crippen LogP contribution in [0.15, 0.2) is 0 Å². The molecule has 2 N–H and O–H groups in total. The molecule has 0 aromatic heterocycles. The van der Waals surface area contributed by atoms with E-state index in [2.05, 4.69) is 20.8 Å². The molecule has 0 saturated carbocycles. The molecule has 2 unspecified atom stereocenters. The van der Waals surface area contributed by atoms with Crippen molar-refractivity contribution in [1.82, 2.24) is 4.90 Å². The van der Waals surface area contributed by atoms with Crippen molar-refractivity contribution in [3.8, 4) is 0 Å². The molecule has 0 radical (unpaired) electrons. The van der Waals surface area contributed by atoms with Gasteiger partial charge in [-0.2, -0.15) is 0 Å². The van der Waals surface area contributed by atoms with Crippen LogP contribution in [0.25, 0.3) is 0 Å². The number of nitrogens with zero attached hydrogens (tertiary/aromatic N) is 1. The maximum atomic E-state index is 12.0. The normalized spacial score (nSPS) is 22.1. The first-order valence-electron chi connectivity index (χ1n) is 6.05. The Kier molecular flexibility index (Phi) is 7.00. The van der Waals surface area contributed by atoms with E-state index in [-0.39, 0.29) is 12.4 Å². The van der Waals surface area contributed by atoms with Gasteiger partial charge in [-0.1, -0.05) is 20.8 Å². The first kappa shape index (κ1) is 15.7. The van der Waals surface area contributed by atoms with E-state index in [1.807, 2.05) is 4.90 Å². The van der Waals surface area contributed by atoms with Gasteiger partial charge in [0.05, 0.1) is 0 Å². The molecular formula is C12H25ClN2O. The Morgan fingerprint density at radius 2 is 2.06 bits per heavy atom. The standard InChI is InChI=1S/C12H24N2O.ClH/c1-9(2)10(3)7-12(15)14-6-4-5-11(14)8-13;/h9-11H,4-8,13H2,1-3H3;1H. The van der Waals surface area contributed by atoms with E-state index in [0.717, 1.165) is 19.4 Å². The van der Waals surface area contributed by atoms with Crippen LogP contribution >= 0.6 is 12.4 Å². The van der Waals surface area contributed by atoms with E-state index in [0.29, 0.717) is 36.8 Å². The lowest BCUT2D eigenvalue weighted by Gasteiger charge is -2.26. The molecule has 1 heterocycles. The molecular weight excluding hydrogens is 224 g/mol. The van der Waals surface area contributed by atoms with Gasteiger partial charge in [-0.3, -0.25) is 4.79 Å². The predicted molar refractivity (Wildman–Crippen MR) is 69.7 cm³/mol. The summed E-state index contributed by atoms with van der Waals surface area (Å²) < 4.78 is 0. The zero-order valence-corrected chi connectivity index (χ0v) is 11.4. The van der Waals surface area contributed by atoms with Crippen LogP contribution in [0.1, 0.15) is 40.0 Å². The maximum Gasteiger partial charge on any atom is 0.223 e. The monoisotopic (exact) mass is 248 g/mol. The van der Waals surface area contributed by atoms with Crippen molar-refractivity contribution < 1.29 is 4.79 Å². The molecule has 1 amide bonds. The van der Waals surface area contributed by atoms with Crippen molar-refractivity contribution in [3.63, 3.8) is 0 Å². The first-order valence-corrected chi connectivity index (χ1v) is 6.05. The lowest BCUT2D eigenvalue weighted by atomic mass is 9.94. The van der Waals surface area contributed by atoms with Gasteiger partial charge in [-0.05, 0) is 24.7 Å². The van der Waals surface area contributed by atoms with Crippen LogP contribution < -0.4 is 5.73 Å². The van der Waals surface area contributed by atoms with Gasteiger partial charge in [0.15, 0.2) is 0 Å². The fourth-order valence-electron chi connectivity index (χ4n) is 2.04. The topological polar surface area (TPSA) is 46.3 Å². The number of hydrogen-bond acceptors (Lipinski definition) is 2. The van der Waals surface area contributed by atoms with E-state index >= 15 is 0 Å². The highest BCUT2D eigenvalue weighted by molar-refractivity contribution is 5.85. The number of rotatable bonds is 4. The summed E-state index contributed by atoms with van der Waals surface area (Å²) in [6.07, 6.45) is 2.87. The molecule has 1 saturated heterocycles. The van der Waals surface area contributed by atoms with Gasteiger partial charge in [0.25, 0.3) is 0 Å². The number of halogens is 1. The van der Waals surface area contributed by atoms with Gasteiger partial charge in [0, 0.05) is 25.6 Å². The average molecular weight is 249 g/mol. The summed E-state index contributed by atoms with van der Waals surface area (Å²) >= 11 is 0. The smallest absolute Gasteiger partial charge is 0.223 e. The van der Waals surface area contributed by atoms with Crippen LogP contribution in [-0.4, -0.2) is 29.9 Å².